The molecule has 2 saturated heterocycles. The number of hydrogen-bond acceptors (Lipinski definition) is 5. The third kappa shape index (κ3) is 7.53. The summed E-state index contributed by atoms with van der Waals surface area (Å²) in [5, 5.41) is 9.33. The zero-order chi connectivity index (χ0) is 38.1. The second-order valence-corrected chi connectivity index (χ2v) is 14.1. The van der Waals surface area contributed by atoms with Crippen molar-refractivity contribution in [3.63, 3.8) is 0 Å². The molecule has 0 amide bonds. The first-order valence-corrected chi connectivity index (χ1v) is 16.3. The number of halogens is 9. The molecule has 3 aliphatic rings. The van der Waals surface area contributed by atoms with Gasteiger partial charge in [-0.3, -0.25) is 4.90 Å². The van der Waals surface area contributed by atoms with Crippen LogP contribution in [0, 0.1) is 5.41 Å². The lowest BCUT2D eigenvalue weighted by Gasteiger charge is -2.40. The van der Waals surface area contributed by atoms with E-state index >= 15 is 0 Å². The molecule has 3 aromatic rings. The molecule has 2 aliphatic heterocycles. The number of epoxide rings is 1. The number of fused-ring (bicyclic) bond motifs is 1. The SMILES string of the molecule is COc1ccc(-c2ccc(C(=O)O)cc2C(F)(F)F)cc1C1=C(CN2C3OC3O[C@H](c3cc(C(F)(F)F)cc(C(F)(F)F)c3)[C@@H]2C)CC(C)(C)CC1. The highest BCUT2D eigenvalue weighted by Crippen LogP contribution is 2.50. The quantitative estimate of drug-likeness (QED) is 0.192. The molecule has 0 aromatic heterocycles. The minimum atomic E-state index is -5.05. The largest absolute Gasteiger partial charge is 0.496 e. The number of aromatic carboxylic acids is 1. The van der Waals surface area contributed by atoms with Gasteiger partial charge in [0.05, 0.1) is 29.4 Å². The summed E-state index contributed by atoms with van der Waals surface area (Å²) in [4.78, 5) is 13.3. The van der Waals surface area contributed by atoms with Crippen LogP contribution in [0.25, 0.3) is 16.7 Å². The molecule has 0 bridgehead atoms. The summed E-state index contributed by atoms with van der Waals surface area (Å²) in [7, 11) is 1.41. The molecule has 2 unspecified atom stereocenters. The zero-order valence-electron chi connectivity index (χ0n) is 28.3. The van der Waals surface area contributed by atoms with Gasteiger partial charge in [-0.15, -0.1) is 0 Å². The fraction of sp³-hybridized carbons (Fsp3) is 0.432. The van der Waals surface area contributed by atoms with Crippen molar-refractivity contribution in [1.82, 2.24) is 4.90 Å². The lowest BCUT2D eigenvalue weighted by Crippen LogP contribution is -2.47. The first-order valence-electron chi connectivity index (χ1n) is 16.3. The maximum atomic E-state index is 14.2. The van der Waals surface area contributed by atoms with Crippen molar-refractivity contribution in [2.75, 3.05) is 13.7 Å². The van der Waals surface area contributed by atoms with Crippen LogP contribution in [-0.4, -0.2) is 48.2 Å². The normalized spacial score (nSPS) is 23.7. The number of hydrogen-bond donors (Lipinski definition) is 1. The Labute approximate surface area is 292 Å². The third-order valence-electron chi connectivity index (χ3n) is 9.89. The molecule has 3 aromatic carbocycles. The van der Waals surface area contributed by atoms with E-state index in [0.29, 0.717) is 48.8 Å². The van der Waals surface area contributed by atoms with E-state index in [0.717, 1.165) is 23.3 Å². The Morgan fingerprint density at radius 1 is 0.885 bits per heavy atom. The van der Waals surface area contributed by atoms with Crippen LogP contribution in [0.2, 0.25) is 0 Å². The smallest absolute Gasteiger partial charge is 0.417 e. The number of ether oxygens (including phenoxy) is 3. The Morgan fingerprint density at radius 3 is 2.12 bits per heavy atom. The molecule has 15 heteroatoms. The molecule has 280 valence electrons. The number of allylic oxidation sites excluding steroid dienone is 1. The van der Waals surface area contributed by atoms with E-state index in [1.807, 2.05) is 18.7 Å². The Bertz CT molecular complexity index is 1880. The summed E-state index contributed by atoms with van der Waals surface area (Å²) < 4.78 is 142. The summed E-state index contributed by atoms with van der Waals surface area (Å²) in [5.41, 5.74) is -3.10. The van der Waals surface area contributed by atoms with Crippen LogP contribution < -0.4 is 4.74 Å². The molecular weight excluding hydrogens is 709 g/mol. The summed E-state index contributed by atoms with van der Waals surface area (Å²) in [6.07, 6.45) is -16.1. The van der Waals surface area contributed by atoms with Crippen molar-refractivity contribution in [2.45, 2.75) is 83.2 Å². The fourth-order valence-corrected chi connectivity index (χ4v) is 7.21. The van der Waals surface area contributed by atoms with Gasteiger partial charge in [-0.1, -0.05) is 31.6 Å². The minimum absolute atomic E-state index is 0.0616. The standard InChI is InChI=1S/C37H34F9NO5/c1-18-30(21-11-23(35(38,39)40)15-24(12-21)36(41,42)43)51-33-31(52-33)47(18)17-22-16-34(2,3)10-9-25(22)27-13-19(6-8-29(27)50-4)26-7-5-20(32(48)49)14-28(26)37(44,45)46/h5-8,11-15,18,30-31,33H,9-10,16-17H2,1-4H3,(H,48,49)/t18-,30-,31?,33?/m0/s1. The van der Waals surface area contributed by atoms with Crippen LogP contribution in [0.4, 0.5) is 39.5 Å². The van der Waals surface area contributed by atoms with Crippen molar-refractivity contribution in [1.29, 1.82) is 0 Å². The van der Waals surface area contributed by atoms with E-state index < -0.39 is 71.4 Å². The van der Waals surface area contributed by atoms with Crippen LogP contribution in [-0.2, 0) is 28.0 Å². The summed E-state index contributed by atoms with van der Waals surface area (Å²) in [6, 6.07) is 7.92. The molecule has 1 aliphatic carbocycles. The van der Waals surface area contributed by atoms with E-state index in [1.54, 1.807) is 13.0 Å². The van der Waals surface area contributed by atoms with Crippen LogP contribution in [0.3, 0.4) is 0 Å². The summed E-state index contributed by atoms with van der Waals surface area (Å²) in [6.45, 7) is 5.88. The van der Waals surface area contributed by atoms with E-state index in [1.165, 1.54) is 19.2 Å². The molecule has 4 atom stereocenters. The van der Waals surface area contributed by atoms with E-state index in [4.69, 9.17) is 14.2 Å². The van der Waals surface area contributed by atoms with Crippen molar-refractivity contribution in [3.8, 4) is 16.9 Å². The zero-order valence-corrected chi connectivity index (χ0v) is 28.3. The Balaban J connectivity index is 1.42. The van der Waals surface area contributed by atoms with Crippen LogP contribution in [0.5, 0.6) is 5.75 Å². The fourth-order valence-electron chi connectivity index (χ4n) is 7.21. The first-order chi connectivity index (χ1) is 24.1. The molecule has 2 heterocycles. The average molecular weight is 744 g/mol. The van der Waals surface area contributed by atoms with Gasteiger partial charge in [0, 0.05) is 18.2 Å². The highest BCUT2D eigenvalue weighted by molar-refractivity contribution is 5.89. The number of methoxy groups -OCH3 is 1. The van der Waals surface area contributed by atoms with Crippen molar-refractivity contribution in [2.24, 2.45) is 5.41 Å². The lowest BCUT2D eigenvalue weighted by atomic mass is 9.72. The van der Waals surface area contributed by atoms with Crippen LogP contribution in [0.1, 0.15) is 84.3 Å². The second-order valence-electron chi connectivity index (χ2n) is 14.1. The number of carboxylic acids is 1. The maximum absolute atomic E-state index is 14.2. The molecule has 6 nitrogen and oxygen atoms in total. The first kappa shape index (κ1) is 37.7. The maximum Gasteiger partial charge on any atom is 0.417 e. The van der Waals surface area contributed by atoms with Gasteiger partial charge in [0.25, 0.3) is 0 Å². The number of nitrogens with zero attached hydrogens (tertiary/aromatic N) is 1. The predicted molar refractivity (Wildman–Crippen MR) is 170 cm³/mol. The second kappa shape index (κ2) is 13.1. The van der Waals surface area contributed by atoms with Gasteiger partial charge >= 0.3 is 24.5 Å². The number of rotatable bonds is 7. The third-order valence-corrected chi connectivity index (χ3v) is 9.89. The van der Waals surface area contributed by atoms with E-state index in [9.17, 15) is 49.4 Å². The van der Waals surface area contributed by atoms with Crippen LogP contribution in [0.15, 0.2) is 60.2 Å². The molecular formula is C37H34F9NO5. The minimum Gasteiger partial charge on any atom is -0.496 e. The van der Waals surface area contributed by atoms with Gasteiger partial charge in [-0.05, 0) is 96.3 Å². The van der Waals surface area contributed by atoms with Gasteiger partial charge in [0.15, 0.2) is 6.23 Å². The topological polar surface area (TPSA) is 71.5 Å². The molecule has 2 fully saturated rings. The monoisotopic (exact) mass is 743 g/mol. The van der Waals surface area contributed by atoms with Gasteiger partial charge < -0.3 is 19.3 Å². The van der Waals surface area contributed by atoms with Gasteiger partial charge in [0.2, 0.25) is 6.29 Å². The molecule has 0 radical (unpaired) electrons. The Kier molecular flexibility index (Phi) is 9.49. The highest BCUT2D eigenvalue weighted by atomic mass is 19.4. The molecule has 0 spiro atoms. The molecule has 0 saturated carbocycles. The number of carbonyl (C=O) groups is 1. The average Bonchev–Trinajstić information content (AvgIpc) is 3.83. The molecule has 52 heavy (non-hydrogen) atoms. The van der Waals surface area contributed by atoms with Gasteiger partial charge in [-0.25, -0.2) is 4.79 Å². The Morgan fingerprint density at radius 2 is 1.54 bits per heavy atom. The lowest BCUT2D eigenvalue weighted by molar-refractivity contribution is -0.143. The van der Waals surface area contributed by atoms with Gasteiger partial charge in [-0.2, -0.15) is 39.5 Å². The number of carboxylic acid groups (broad SMARTS) is 1. The van der Waals surface area contributed by atoms with Crippen LogP contribution >= 0.6 is 0 Å². The van der Waals surface area contributed by atoms with E-state index in [2.05, 4.69) is 0 Å². The van der Waals surface area contributed by atoms with Crippen molar-refractivity contribution >= 4 is 11.5 Å². The Hall–Kier alpha value is -4.08. The molecule has 6 rings (SSSR count). The summed E-state index contributed by atoms with van der Waals surface area (Å²) in [5.74, 6) is -1.15. The number of benzene rings is 3. The number of alkyl halides is 9. The van der Waals surface area contributed by atoms with Crippen molar-refractivity contribution < 1.29 is 63.6 Å². The molecule has 1 N–H and O–H groups in total. The summed E-state index contributed by atoms with van der Waals surface area (Å²) >= 11 is 0. The number of morpholine rings is 1. The van der Waals surface area contributed by atoms with Gasteiger partial charge in [0.1, 0.15) is 11.9 Å². The van der Waals surface area contributed by atoms with Crippen molar-refractivity contribution in [3.05, 3.63) is 93.6 Å². The highest BCUT2D eigenvalue weighted by Gasteiger charge is 2.55. The predicted octanol–water partition coefficient (Wildman–Crippen LogP) is 10.2. The van der Waals surface area contributed by atoms with E-state index in [-0.39, 0.29) is 34.7 Å².